The maximum absolute atomic E-state index is 11.8. The van der Waals surface area contributed by atoms with Crippen molar-refractivity contribution in [3.8, 4) is 0 Å². The fraction of sp³-hybridized carbons (Fsp3) is 0.750. The summed E-state index contributed by atoms with van der Waals surface area (Å²) in [6.07, 6.45) is 2.00. The number of rotatable bonds is 11. The van der Waals surface area contributed by atoms with E-state index in [2.05, 4.69) is 12.2 Å². The minimum atomic E-state index is -0.420. The Morgan fingerprint density at radius 3 is 2.00 bits per heavy atom. The van der Waals surface area contributed by atoms with Crippen LogP contribution < -0.4 is 21.1 Å². The van der Waals surface area contributed by atoms with Gasteiger partial charge >= 0.3 is 0 Å². The summed E-state index contributed by atoms with van der Waals surface area (Å²) in [6, 6.07) is 0. The molecule has 22 heavy (non-hydrogen) atoms. The number of methoxy groups -OCH3 is 2. The molecule has 6 heteroatoms. The third-order valence-corrected chi connectivity index (χ3v) is 3.16. The number of hydrogen-bond donors (Lipinski definition) is 1. The van der Waals surface area contributed by atoms with Gasteiger partial charge in [-0.25, -0.2) is 0 Å². The maximum atomic E-state index is 11.8. The summed E-state index contributed by atoms with van der Waals surface area (Å²) in [5.74, 6) is 0. The molecule has 0 heterocycles. The van der Waals surface area contributed by atoms with Crippen LogP contribution >= 0.6 is 0 Å². The topological polar surface area (TPSA) is 67.9 Å². The van der Waals surface area contributed by atoms with Crippen molar-refractivity contribution < 1.29 is 9.47 Å². The monoisotopic (exact) mass is 314 g/mol. The Balaban J connectivity index is 0.00000211. The third-order valence-electron chi connectivity index (χ3n) is 3.16. The Hall–Kier alpha value is -1.40. The Kier molecular flexibility index (Phi) is 11.4. The third kappa shape index (κ3) is 5.77. The summed E-state index contributed by atoms with van der Waals surface area (Å²) >= 11 is 0. The molecule has 0 atom stereocenters. The van der Waals surface area contributed by atoms with Gasteiger partial charge in [0.1, 0.15) is 11.4 Å². The molecule has 0 saturated carbocycles. The minimum Gasteiger partial charge on any atom is -0.383 e. The molecule has 1 aromatic rings. The molecule has 1 N–H and O–H groups in total. The molecule has 0 bridgehead atoms. The van der Waals surface area contributed by atoms with E-state index in [1.807, 2.05) is 18.7 Å². The van der Waals surface area contributed by atoms with Gasteiger partial charge in [-0.2, -0.15) is 0 Å². The lowest BCUT2D eigenvalue weighted by atomic mass is 10.1. The van der Waals surface area contributed by atoms with Crippen LogP contribution in [0.4, 0.5) is 11.4 Å². The van der Waals surface area contributed by atoms with Crippen molar-refractivity contribution in [2.45, 2.75) is 33.6 Å². The number of anilines is 2. The first-order chi connectivity index (χ1) is 10.7. The Morgan fingerprint density at radius 2 is 1.55 bits per heavy atom. The zero-order valence-corrected chi connectivity index (χ0v) is 14.5. The molecule has 0 aliphatic heterocycles. The van der Waals surface area contributed by atoms with Gasteiger partial charge in [0.25, 0.3) is 10.9 Å². The number of ether oxygens (including phenoxy) is 2. The molecule has 0 aromatic heterocycles. The largest absolute Gasteiger partial charge is 0.383 e. The van der Waals surface area contributed by atoms with Crippen LogP contribution in [-0.4, -0.2) is 47.1 Å². The minimum absolute atomic E-state index is 0.420. The predicted octanol–water partition coefficient (Wildman–Crippen LogP) is 1.62. The lowest BCUT2D eigenvalue weighted by Gasteiger charge is -2.27. The number of nitrogens with one attached hydrogen (secondary N) is 1. The van der Waals surface area contributed by atoms with E-state index in [1.54, 1.807) is 14.2 Å². The van der Waals surface area contributed by atoms with Crippen LogP contribution in [0.15, 0.2) is 9.59 Å². The van der Waals surface area contributed by atoms with Gasteiger partial charge in [0.2, 0.25) is 0 Å². The van der Waals surface area contributed by atoms with Crippen molar-refractivity contribution in [3.63, 3.8) is 0 Å². The Labute approximate surface area is 133 Å². The lowest BCUT2D eigenvalue weighted by molar-refractivity contribution is 0.190. The first kappa shape index (κ1) is 20.6. The van der Waals surface area contributed by atoms with Crippen molar-refractivity contribution in [1.29, 1.82) is 0 Å². The summed E-state index contributed by atoms with van der Waals surface area (Å²) in [6.45, 7) is 8.90. The van der Waals surface area contributed by atoms with Gasteiger partial charge in [-0.1, -0.05) is 27.2 Å². The van der Waals surface area contributed by atoms with Crippen LogP contribution in [0.1, 0.15) is 33.6 Å². The average molecular weight is 314 g/mol. The average Bonchev–Trinajstić information content (AvgIpc) is 2.56. The Bertz CT molecular complexity index is 459. The van der Waals surface area contributed by atoms with Crippen molar-refractivity contribution >= 4 is 11.4 Å². The molecule has 128 valence electrons. The first-order valence-electron chi connectivity index (χ1n) is 7.97. The maximum Gasteiger partial charge on any atom is 0.253 e. The fourth-order valence-electron chi connectivity index (χ4n) is 1.97. The molecule has 1 aromatic carbocycles. The summed E-state index contributed by atoms with van der Waals surface area (Å²) < 4.78 is 10.1. The lowest BCUT2D eigenvalue weighted by Crippen LogP contribution is -2.45. The van der Waals surface area contributed by atoms with Gasteiger partial charge < -0.3 is 19.7 Å². The molecule has 0 unspecified atom stereocenters. The van der Waals surface area contributed by atoms with Gasteiger partial charge in [0.05, 0.1) is 13.2 Å². The number of unbranched alkanes of at least 4 members (excludes halogenated alkanes) is 1. The SMILES string of the molecule is CC.CCCCNc1c(N(CCOC)CCOC)c(=O)c1=O. The standard InChI is InChI=1S/C14H24N2O4.C2H6/c1-4-5-6-15-11-12(14(18)13(11)17)16(7-9-19-2)8-10-20-3;1-2/h15H,4-10H2,1-3H3;1-2H3. The van der Waals surface area contributed by atoms with Crippen LogP contribution in [-0.2, 0) is 9.47 Å². The molecular weight excluding hydrogens is 284 g/mol. The smallest absolute Gasteiger partial charge is 0.253 e. The summed E-state index contributed by atoms with van der Waals surface area (Å²) in [4.78, 5) is 25.3. The van der Waals surface area contributed by atoms with Crippen LogP contribution in [0.2, 0.25) is 0 Å². The van der Waals surface area contributed by atoms with E-state index in [-0.39, 0.29) is 0 Å². The molecule has 0 radical (unpaired) electrons. The highest BCUT2D eigenvalue weighted by Crippen LogP contribution is 2.19. The van der Waals surface area contributed by atoms with Crippen LogP contribution in [0.3, 0.4) is 0 Å². The second-order valence-electron chi connectivity index (χ2n) is 4.63. The first-order valence-corrected chi connectivity index (χ1v) is 7.97. The molecule has 0 aliphatic carbocycles. The van der Waals surface area contributed by atoms with E-state index in [1.165, 1.54) is 0 Å². The number of nitrogens with zero attached hydrogens (tertiary/aromatic N) is 1. The summed E-state index contributed by atoms with van der Waals surface area (Å²) in [5, 5.41) is 3.07. The predicted molar refractivity (Wildman–Crippen MR) is 92.1 cm³/mol. The zero-order chi connectivity index (χ0) is 17.0. The van der Waals surface area contributed by atoms with Gasteiger partial charge in [-0.05, 0) is 6.42 Å². The molecule has 0 spiro atoms. The summed E-state index contributed by atoms with van der Waals surface area (Å²) in [5.41, 5.74) is 0.0722. The van der Waals surface area contributed by atoms with E-state index in [0.29, 0.717) is 44.2 Å². The molecular formula is C16H30N2O4. The van der Waals surface area contributed by atoms with Crippen molar-refractivity contribution in [2.24, 2.45) is 0 Å². The van der Waals surface area contributed by atoms with Gasteiger partial charge in [0.15, 0.2) is 0 Å². The van der Waals surface area contributed by atoms with E-state index in [9.17, 15) is 9.59 Å². The molecule has 0 saturated heterocycles. The zero-order valence-electron chi connectivity index (χ0n) is 14.5. The van der Waals surface area contributed by atoms with Crippen LogP contribution in [0.5, 0.6) is 0 Å². The van der Waals surface area contributed by atoms with Crippen LogP contribution in [0, 0.1) is 0 Å². The summed E-state index contributed by atoms with van der Waals surface area (Å²) in [7, 11) is 3.22. The molecule has 1 rings (SSSR count). The van der Waals surface area contributed by atoms with Crippen molar-refractivity contribution in [3.05, 3.63) is 20.4 Å². The van der Waals surface area contributed by atoms with E-state index < -0.39 is 10.9 Å². The van der Waals surface area contributed by atoms with E-state index in [4.69, 9.17) is 9.47 Å². The fourth-order valence-corrected chi connectivity index (χ4v) is 1.97. The highest BCUT2D eigenvalue weighted by atomic mass is 16.5. The van der Waals surface area contributed by atoms with Crippen LogP contribution in [0.25, 0.3) is 0 Å². The highest BCUT2D eigenvalue weighted by molar-refractivity contribution is 5.75. The van der Waals surface area contributed by atoms with Gasteiger partial charge in [0, 0.05) is 33.9 Å². The molecule has 0 fully saturated rings. The van der Waals surface area contributed by atoms with Gasteiger partial charge in [-0.15, -0.1) is 0 Å². The van der Waals surface area contributed by atoms with Crippen molar-refractivity contribution in [2.75, 3.05) is 57.3 Å². The molecule has 0 amide bonds. The Morgan fingerprint density at radius 1 is 1.00 bits per heavy atom. The van der Waals surface area contributed by atoms with E-state index >= 15 is 0 Å². The quantitative estimate of drug-likeness (QED) is 0.494. The highest BCUT2D eigenvalue weighted by Gasteiger charge is 2.25. The number of hydrogen-bond acceptors (Lipinski definition) is 6. The second-order valence-corrected chi connectivity index (χ2v) is 4.63. The van der Waals surface area contributed by atoms with Gasteiger partial charge in [-0.3, -0.25) is 9.59 Å². The molecule has 0 aliphatic rings. The second kappa shape index (κ2) is 12.2. The van der Waals surface area contributed by atoms with E-state index in [0.717, 1.165) is 12.8 Å². The normalized spacial score (nSPS) is 10.2. The van der Waals surface area contributed by atoms with Crippen molar-refractivity contribution in [1.82, 2.24) is 0 Å². The molecule has 6 nitrogen and oxygen atoms in total.